The van der Waals surface area contributed by atoms with Gasteiger partial charge >= 0.3 is 11.9 Å². The van der Waals surface area contributed by atoms with Crippen molar-refractivity contribution in [1.29, 1.82) is 5.41 Å². The van der Waals surface area contributed by atoms with Crippen LogP contribution in [0.3, 0.4) is 0 Å². The van der Waals surface area contributed by atoms with E-state index in [-0.39, 0.29) is 0 Å². The largest absolute Gasteiger partial charge is 0.478 e. The first-order valence-corrected chi connectivity index (χ1v) is 2.22. The minimum atomic E-state index is -1.26. The minimum Gasteiger partial charge on any atom is -0.478 e. The monoisotopic (exact) mass is 159 g/mol. The van der Waals surface area contributed by atoms with E-state index < -0.39 is 11.9 Å². The van der Waals surface area contributed by atoms with Gasteiger partial charge in [-0.15, -0.1) is 0 Å². The van der Waals surface area contributed by atoms with Crippen LogP contribution in [0.2, 0.25) is 0 Å². The molecule has 0 saturated heterocycles. The van der Waals surface area contributed by atoms with Crippen LogP contribution >= 0.6 is 0 Å². The number of carboxylic acids is 2. The molecule has 6 nitrogen and oxygen atoms in total. The molecule has 0 aliphatic rings. The van der Waals surface area contributed by atoms with Crippen LogP contribution in [0.15, 0.2) is 12.2 Å². The zero-order valence-corrected chi connectivity index (χ0v) is 5.27. The topological polar surface area (TPSA) is 116 Å². The number of carbonyl (C=O) groups is 2. The molecule has 0 aromatic heterocycles. The van der Waals surface area contributed by atoms with Crippen LogP contribution in [0.5, 0.6) is 0 Å². The van der Waals surface area contributed by atoms with E-state index in [1.807, 2.05) is 0 Å². The summed E-state index contributed by atoms with van der Waals surface area (Å²) in [6, 6.07) is 0. The summed E-state index contributed by atoms with van der Waals surface area (Å²) in [6.07, 6.45) is 1.87. The second kappa shape index (κ2) is 8.06. The molecule has 0 spiro atoms. The van der Waals surface area contributed by atoms with Gasteiger partial charge in [-0.25, -0.2) is 19.8 Å². The van der Waals surface area contributed by atoms with Crippen LogP contribution in [0.4, 0.5) is 0 Å². The molecule has 0 radical (unpaired) electrons. The highest BCUT2D eigenvalue weighted by atomic mass is 16.4. The van der Waals surface area contributed by atoms with Crippen LogP contribution in [-0.4, -0.2) is 28.2 Å². The molecule has 0 atom stereocenters. The van der Waals surface area contributed by atoms with Crippen molar-refractivity contribution in [1.82, 2.24) is 0 Å². The van der Waals surface area contributed by atoms with Gasteiger partial charge in [-0.05, 0) is 0 Å². The van der Waals surface area contributed by atoms with E-state index in [4.69, 9.17) is 20.4 Å². The average Bonchev–Trinajstić information content (AvgIpc) is 1.85. The van der Waals surface area contributed by atoms with Crippen molar-refractivity contribution in [2.45, 2.75) is 0 Å². The van der Waals surface area contributed by atoms with Gasteiger partial charge in [-0.2, -0.15) is 0 Å². The lowest BCUT2D eigenvalue weighted by molar-refractivity contribution is -0.134. The Kier molecular flexibility index (Phi) is 8.65. The summed E-state index contributed by atoms with van der Waals surface area (Å²) in [6.45, 7) is 0. The second-order valence-electron chi connectivity index (χ2n) is 1.11. The van der Waals surface area contributed by atoms with Crippen molar-refractivity contribution in [2.24, 2.45) is 0 Å². The molecule has 6 heteroatoms. The van der Waals surface area contributed by atoms with Crippen molar-refractivity contribution < 1.29 is 24.6 Å². The van der Waals surface area contributed by atoms with Gasteiger partial charge in [0.25, 0.3) is 0 Å². The van der Waals surface area contributed by atoms with Gasteiger partial charge in [0, 0.05) is 12.2 Å². The van der Waals surface area contributed by atoms with E-state index in [9.17, 15) is 9.59 Å². The smallest absolute Gasteiger partial charge is 0.328 e. The number of hydrogen-bond donors (Lipinski definition) is 3. The Hall–Kier alpha value is -1.94. The summed E-state index contributed by atoms with van der Waals surface area (Å²) >= 11 is 0. The number of nitrogens with one attached hydrogen (secondary N) is 1. The Bertz CT molecular complexity index is 185. The highest BCUT2D eigenvalue weighted by Gasteiger charge is 1.88. The summed E-state index contributed by atoms with van der Waals surface area (Å²) in [7, 11) is 0. The number of hydrogen-bond acceptors (Lipinski definition) is 4. The Morgan fingerprint density at radius 1 is 1.18 bits per heavy atom. The number of aliphatic carboxylic acids is 2. The fourth-order valence-corrected chi connectivity index (χ4v) is 0.143. The standard InChI is InChI=1S/C4H4O4.CHNO/c5-3(6)1-2-4(7)8;2-1-3/h1-2H,(H,5,6)(H,7,8);2H. The zero-order valence-electron chi connectivity index (χ0n) is 5.27. The van der Waals surface area contributed by atoms with Gasteiger partial charge in [0.1, 0.15) is 0 Å². The fraction of sp³-hybridized carbons (Fsp3) is 0. The van der Waals surface area contributed by atoms with Gasteiger partial charge in [0.05, 0.1) is 0 Å². The third-order valence-corrected chi connectivity index (χ3v) is 0.368. The molecule has 0 aromatic carbocycles. The molecule has 60 valence electrons. The van der Waals surface area contributed by atoms with E-state index in [2.05, 4.69) is 0 Å². The van der Waals surface area contributed by atoms with E-state index in [1.165, 1.54) is 0 Å². The molecule has 0 heterocycles. The first kappa shape index (κ1) is 11.8. The first-order valence-electron chi connectivity index (χ1n) is 2.22. The van der Waals surface area contributed by atoms with Crippen molar-refractivity contribution in [3.8, 4) is 0 Å². The van der Waals surface area contributed by atoms with Gasteiger partial charge in [0.15, 0.2) is 0 Å². The van der Waals surface area contributed by atoms with Crippen molar-refractivity contribution in [3.63, 3.8) is 0 Å². The SMILES string of the molecule is N=C=O.O=C(O)C=CC(=O)O. The number of carbonyl (C=O) groups excluding carboxylic acids is 1. The lowest BCUT2D eigenvalue weighted by atomic mass is 10.5. The Morgan fingerprint density at radius 2 is 1.36 bits per heavy atom. The van der Waals surface area contributed by atoms with Crippen molar-refractivity contribution in [2.75, 3.05) is 0 Å². The van der Waals surface area contributed by atoms with Gasteiger partial charge in [0.2, 0.25) is 6.08 Å². The summed E-state index contributed by atoms with van der Waals surface area (Å²) in [5.41, 5.74) is 0. The molecular weight excluding hydrogens is 154 g/mol. The van der Waals surface area contributed by atoms with Gasteiger partial charge < -0.3 is 10.2 Å². The third-order valence-electron chi connectivity index (χ3n) is 0.368. The normalized spacial score (nSPS) is 7.64. The maximum absolute atomic E-state index is 9.55. The summed E-state index contributed by atoms with van der Waals surface area (Å²) in [4.78, 5) is 27.5. The molecule has 0 aliphatic heterocycles. The maximum Gasteiger partial charge on any atom is 0.328 e. The molecule has 0 bridgehead atoms. The molecule has 0 fully saturated rings. The van der Waals surface area contributed by atoms with E-state index in [0.717, 1.165) is 6.08 Å². The molecule has 0 saturated carbocycles. The Morgan fingerprint density at radius 3 is 1.45 bits per heavy atom. The molecule has 0 amide bonds. The number of isocyanates is 1. The predicted molar refractivity (Wildman–Crippen MR) is 32.8 cm³/mol. The van der Waals surface area contributed by atoms with Crippen LogP contribution in [-0.2, 0) is 14.4 Å². The summed E-state index contributed by atoms with van der Waals surface area (Å²) < 4.78 is 0. The average molecular weight is 159 g/mol. The lowest BCUT2D eigenvalue weighted by Crippen LogP contribution is -1.91. The van der Waals surface area contributed by atoms with Gasteiger partial charge in [-0.1, -0.05) is 0 Å². The van der Waals surface area contributed by atoms with Crippen LogP contribution in [0.1, 0.15) is 0 Å². The van der Waals surface area contributed by atoms with Crippen molar-refractivity contribution >= 4 is 18.0 Å². The number of rotatable bonds is 2. The molecule has 3 N–H and O–H groups in total. The first-order chi connectivity index (χ1) is 5.04. The molecular formula is C5H5NO5. The van der Waals surface area contributed by atoms with E-state index in [0.29, 0.717) is 12.2 Å². The molecule has 0 rings (SSSR count). The summed E-state index contributed by atoms with van der Waals surface area (Å²) in [5, 5.41) is 21.0. The number of carboxylic acid groups (broad SMARTS) is 2. The quantitative estimate of drug-likeness (QED) is 0.288. The minimum absolute atomic E-state index is 0.558. The molecule has 11 heavy (non-hydrogen) atoms. The maximum atomic E-state index is 9.55. The van der Waals surface area contributed by atoms with E-state index >= 15 is 0 Å². The Balaban J connectivity index is 0. The lowest BCUT2D eigenvalue weighted by Gasteiger charge is -1.74. The molecule has 0 unspecified atom stereocenters. The van der Waals surface area contributed by atoms with E-state index in [1.54, 1.807) is 0 Å². The Labute approximate surface area is 61.3 Å². The van der Waals surface area contributed by atoms with Crippen molar-refractivity contribution in [3.05, 3.63) is 12.2 Å². The summed E-state index contributed by atoms with van der Waals surface area (Å²) in [5.74, 6) is -2.51. The highest BCUT2D eigenvalue weighted by Crippen LogP contribution is 1.70. The predicted octanol–water partition coefficient (Wildman–Crippen LogP) is -0.387. The molecule has 0 aliphatic carbocycles. The fourth-order valence-electron chi connectivity index (χ4n) is 0.143. The molecule has 0 aromatic rings. The van der Waals surface area contributed by atoms with Gasteiger partial charge in [-0.3, -0.25) is 0 Å². The zero-order chi connectivity index (χ0) is 9.28. The van der Waals surface area contributed by atoms with Crippen LogP contribution in [0.25, 0.3) is 0 Å². The second-order valence-corrected chi connectivity index (χ2v) is 1.11. The van der Waals surface area contributed by atoms with Crippen LogP contribution in [0, 0.1) is 5.41 Å². The highest BCUT2D eigenvalue weighted by molar-refractivity contribution is 5.89. The van der Waals surface area contributed by atoms with Crippen LogP contribution < -0.4 is 0 Å². The third kappa shape index (κ3) is 31.6.